The Balaban J connectivity index is 5.70. The fourth-order valence-corrected chi connectivity index (χ4v) is 2.48. The number of hydrogen-bond acceptors (Lipinski definition) is 10. The molecule has 0 aliphatic heterocycles. The van der Waals surface area contributed by atoms with Crippen molar-refractivity contribution in [2.75, 3.05) is 13.7 Å². The van der Waals surface area contributed by atoms with Gasteiger partial charge in [0.2, 0.25) is 0 Å². The van der Waals surface area contributed by atoms with Crippen molar-refractivity contribution >= 4 is 28.3 Å². The highest BCUT2D eigenvalue weighted by Gasteiger charge is 2.41. The lowest BCUT2D eigenvalue weighted by atomic mass is 10.0. The van der Waals surface area contributed by atoms with E-state index in [1.54, 1.807) is 0 Å². The van der Waals surface area contributed by atoms with Gasteiger partial charge in [-0.3, -0.25) is 18.9 Å². The number of carbonyl (C=O) groups excluding carboxylic acids is 3. The van der Waals surface area contributed by atoms with E-state index in [4.69, 9.17) is 18.8 Å². The summed E-state index contributed by atoms with van der Waals surface area (Å²) in [5, 5.41) is 0. The molecule has 0 aromatic rings. The minimum Gasteiger partial charge on any atom is -0.463 e. The van der Waals surface area contributed by atoms with Crippen molar-refractivity contribution in [2.45, 2.75) is 52.1 Å². The highest BCUT2D eigenvalue weighted by molar-refractivity contribution is 7.80. The van der Waals surface area contributed by atoms with E-state index in [1.807, 2.05) is 0 Å². The quantitative estimate of drug-likeness (QED) is 0.297. The molecule has 0 aromatic heterocycles. The summed E-state index contributed by atoms with van der Waals surface area (Å²) < 4.78 is 55.2. The number of rotatable bonds is 10. The van der Waals surface area contributed by atoms with Gasteiger partial charge in [-0.05, 0) is 6.92 Å². The molecule has 0 fully saturated rings. The molecule has 0 aromatic carbocycles. The van der Waals surface area contributed by atoms with Crippen LogP contribution >= 0.6 is 0 Å². The number of esters is 3. The zero-order valence-electron chi connectivity index (χ0n) is 14.5. The van der Waals surface area contributed by atoms with Crippen LogP contribution in [0, 0.1) is 0 Å². The summed E-state index contributed by atoms with van der Waals surface area (Å²) in [5.41, 5.74) is 0. The third-order valence-corrected chi connectivity index (χ3v) is 3.27. The molecule has 0 rings (SSSR count). The van der Waals surface area contributed by atoms with E-state index in [0.29, 0.717) is 0 Å². The van der Waals surface area contributed by atoms with Gasteiger partial charge in [0, 0.05) is 27.9 Å². The highest BCUT2D eigenvalue weighted by atomic mass is 32.3. The number of carbonyl (C=O) groups is 3. The molecule has 0 unspecified atom stereocenters. The van der Waals surface area contributed by atoms with Crippen molar-refractivity contribution < 1.29 is 50.5 Å². The average molecular weight is 386 g/mol. The lowest BCUT2D eigenvalue weighted by Crippen LogP contribution is -2.51. The molecule has 146 valence electrons. The van der Waals surface area contributed by atoms with Gasteiger partial charge in [-0.2, -0.15) is 8.42 Å². The summed E-state index contributed by atoms with van der Waals surface area (Å²) in [6.45, 7) is 3.95. The first-order valence-corrected chi connectivity index (χ1v) is 8.40. The summed E-state index contributed by atoms with van der Waals surface area (Å²) >= 11 is 0. The first-order chi connectivity index (χ1) is 11.4. The molecule has 0 heterocycles. The van der Waals surface area contributed by atoms with E-state index in [0.717, 1.165) is 20.8 Å². The molecule has 0 aliphatic carbocycles. The van der Waals surface area contributed by atoms with Crippen LogP contribution in [0.3, 0.4) is 0 Å². The fourth-order valence-electron chi connectivity index (χ4n) is 2.00. The third-order valence-electron chi connectivity index (χ3n) is 2.78. The van der Waals surface area contributed by atoms with Crippen molar-refractivity contribution in [1.29, 1.82) is 0 Å². The van der Waals surface area contributed by atoms with Crippen molar-refractivity contribution in [3.8, 4) is 0 Å². The van der Waals surface area contributed by atoms with E-state index in [9.17, 15) is 22.8 Å². The molecule has 0 saturated heterocycles. The van der Waals surface area contributed by atoms with Crippen LogP contribution in [0.15, 0.2) is 0 Å². The van der Waals surface area contributed by atoms with Crippen LogP contribution in [0.2, 0.25) is 0 Å². The van der Waals surface area contributed by atoms with Crippen LogP contribution in [0.5, 0.6) is 0 Å². The minimum absolute atomic E-state index is 0.664. The SMILES string of the molecule is CO[C@@H]([C@@H](OC(C)=O)[C@@H](COC(C)=O)OS(=O)(=O)O)[C@H](C)OC(C)=O. The maximum absolute atomic E-state index is 11.4. The van der Waals surface area contributed by atoms with Gasteiger partial charge < -0.3 is 18.9 Å². The normalized spacial score (nSPS) is 16.2. The third kappa shape index (κ3) is 9.96. The molecule has 0 bridgehead atoms. The molecule has 4 atom stereocenters. The molecular weight excluding hydrogens is 364 g/mol. The Hall–Kier alpha value is -1.76. The summed E-state index contributed by atoms with van der Waals surface area (Å²) in [7, 11) is -3.80. The topological polar surface area (TPSA) is 152 Å². The first kappa shape index (κ1) is 23.2. The molecule has 0 saturated carbocycles. The number of ether oxygens (including phenoxy) is 4. The van der Waals surface area contributed by atoms with Crippen LogP contribution in [0.4, 0.5) is 0 Å². The molecule has 0 radical (unpaired) electrons. The summed E-state index contributed by atoms with van der Waals surface area (Å²) in [6.07, 6.45) is -5.31. The van der Waals surface area contributed by atoms with Gasteiger partial charge in [0.15, 0.2) is 12.2 Å². The van der Waals surface area contributed by atoms with Gasteiger partial charge in [-0.1, -0.05) is 0 Å². The van der Waals surface area contributed by atoms with Crippen LogP contribution in [0.25, 0.3) is 0 Å². The second kappa shape index (κ2) is 10.3. The van der Waals surface area contributed by atoms with Crippen LogP contribution in [-0.2, 0) is 47.9 Å². The highest BCUT2D eigenvalue weighted by Crippen LogP contribution is 2.19. The van der Waals surface area contributed by atoms with Crippen molar-refractivity contribution in [1.82, 2.24) is 0 Å². The zero-order chi connectivity index (χ0) is 19.8. The maximum Gasteiger partial charge on any atom is 0.397 e. The van der Waals surface area contributed by atoms with Crippen LogP contribution in [-0.4, -0.2) is 69.0 Å². The van der Waals surface area contributed by atoms with Gasteiger partial charge in [0.05, 0.1) is 0 Å². The predicted octanol–water partition coefficient (Wildman–Crippen LogP) is -0.364. The predicted molar refractivity (Wildman–Crippen MR) is 80.6 cm³/mol. The van der Waals surface area contributed by atoms with Crippen molar-refractivity contribution in [2.24, 2.45) is 0 Å². The molecule has 25 heavy (non-hydrogen) atoms. The van der Waals surface area contributed by atoms with E-state index in [2.05, 4.69) is 8.92 Å². The summed E-state index contributed by atoms with van der Waals surface area (Å²) in [5.74, 6) is -2.27. The Morgan fingerprint density at radius 1 is 0.960 bits per heavy atom. The molecule has 11 nitrogen and oxygen atoms in total. The monoisotopic (exact) mass is 386 g/mol. The molecule has 12 heteroatoms. The second-order valence-electron chi connectivity index (χ2n) is 4.95. The molecule has 1 N–H and O–H groups in total. The molecule has 0 spiro atoms. The number of methoxy groups -OCH3 is 1. The Morgan fingerprint density at radius 3 is 1.84 bits per heavy atom. The lowest BCUT2D eigenvalue weighted by Gasteiger charge is -2.33. The average Bonchev–Trinajstić information content (AvgIpc) is 2.40. The van der Waals surface area contributed by atoms with E-state index in [1.165, 1.54) is 14.0 Å². The molecular formula is C13H22O11S. The summed E-state index contributed by atoms with van der Waals surface area (Å²) in [6, 6.07) is 0. The Kier molecular flexibility index (Phi) is 9.56. The standard InChI is InChI=1S/C13H22O11S/c1-7(22-9(3)15)12(20-5)13(23-10(4)16)11(6-21-8(2)14)24-25(17,18)19/h7,11-13H,6H2,1-5H3,(H,17,18,19)/t7-,11+,12+,13-/m0/s1. The first-order valence-electron chi connectivity index (χ1n) is 7.03. The van der Waals surface area contributed by atoms with Gasteiger partial charge in [0.1, 0.15) is 18.8 Å². The molecule has 0 amide bonds. The smallest absolute Gasteiger partial charge is 0.397 e. The van der Waals surface area contributed by atoms with E-state index >= 15 is 0 Å². The lowest BCUT2D eigenvalue weighted by molar-refractivity contribution is -0.183. The van der Waals surface area contributed by atoms with Gasteiger partial charge >= 0.3 is 28.3 Å². The fraction of sp³-hybridized carbons (Fsp3) is 0.769. The van der Waals surface area contributed by atoms with E-state index in [-0.39, 0.29) is 0 Å². The summed E-state index contributed by atoms with van der Waals surface area (Å²) in [4.78, 5) is 33.5. The Morgan fingerprint density at radius 2 is 1.48 bits per heavy atom. The van der Waals surface area contributed by atoms with Crippen molar-refractivity contribution in [3.05, 3.63) is 0 Å². The largest absolute Gasteiger partial charge is 0.463 e. The Labute approximate surface area is 145 Å². The minimum atomic E-state index is -4.99. The van der Waals surface area contributed by atoms with Gasteiger partial charge in [-0.25, -0.2) is 4.18 Å². The second-order valence-corrected chi connectivity index (χ2v) is 6.00. The van der Waals surface area contributed by atoms with Crippen molar-refractivity contribution in [3.63, 3.8) is 0 Å². The Bertz CT molecular complexity index is 571. The maximum atomic E-state index is 11.4. The van der Waals surface area contributed by atoms with Gasteiger partial charge in [0.25, 0.3) is 0 Å². The number of hydrogen-bond donors (Lipinski definition) is 1. The van der Waals surface area contributed by atoms with Crippen LogP contribution < -0.4 is 0 Å². The molecule has 0 aliphatic rings. The van der Waals surface area contributed by atoms with Gasteiger partial charge in [-0.15, -0.1) is 0 Å². The zero-order valence-corrected chi connectivity index (χ0v) is 15.3. The van der Waals surface area contributed by atoms with E-state index < -0.39 is 59.3 Å². The van der Waals surface area contributed by atoms with Crippen LogP contribution in [0.1, 0.15) is 27.7 Å².